The van der Waals surface area contributed by atoms with Crippen molar-refractivity contribution in [2.75, 3.05) is 0 Å². The number of benzene rings is 1. The molecule has 0 radical (unpaired) electrons. The zero-order valence-corrected chi connectivity index (χ0v) is 10.4. The maximum Gasteiger partial charge on any atom is 0.181 e. The number of halogens is 1. The monoisotopic (exact) mass is 262 g/mol. The Morgan fingerprint density at radius 1 is 1.33 bits per heavy atom. The van der Waals surface area contributed by atoms with E-state index in [1.165, 1.54) is 24.3 Å². The Kier molecular flexibility index (Phi) is 3.21. The normalized spacial score (nSPS) is 17.7. The van der Waals surface area contributed by atoms with Crippen molar-refractivity contribution in [1.29, 1.82) is 0 Å². The molecular formula is C13H11ClN2O2. The van der Waals surface area contributed by atoms with Gasteiger partial charge in [0.2, 0.25) is 0 Å². The Labute approximate surface area is 109 Å². The fourth-order valence-corrected chi connectivity index (χ4v) is 1.85. The molecule has 0 aromatic heterocycles. The fraction of sp³-hybridized carbons (Fsp3) is 0.0769. The summed E-state index contributed by atoms with van der Waals surface area (Å²) in [5, 5.41) is 9.58. The molecule has 1 aliphatic carbocycles. The molecule has 0 saturated heterocycles. The maximum atomic E-state index is 11.2. The third-order valence-electron chi connectivity index (χ3n) is 2.47. The van der Waals surface area contributed by atoms with Crippen LogP contribution < -0.4 is 5.73 Å². The van der Waals surface area contributed by atoms with Crippen molar-refractivity contribution in [1.82, 2.24) is 0 Å². The number of nitrogens with two attached hydrogens (primary N) is 1. The zero-order valence-electron chi connectivity index (χ0n) is 9.64. The number of carbonyl (C=O) groups is 1. The number of carbonyl (C=O) groups excluding carboxylic acids is 1. The number of phenols is 1. The maximum absolute atomic E-state index is 11.2. The van der Waals surface area contributed by atoms with Gasteiger partial charge in [0.05, 0.1) is 22.1 Å². The molecule has 0 heterocycles. The molecule has 0 saturated carbocycles. The van der Waals surface area contributed by atoms with Crippen LogP contribution in [-0.4, -0.2) is 16.6 Å². The summed E-state index contributed by atoms with van der Waals surface area (Å²) in [6.07, 6.45) is 2.78. The molecule has 92 valence electrons. The molecule has 1 aliphatic rings. The predicted octanol–water partition coefficient (Wildman–Crippen LogP) is 2.49. The van der Waals surface area contributed by atoms with E-state index >= 15 is 0 Å². The third-order valence-corrected chi connectivity index (χ3v) is 2.77. The van der Waals surface area contributed by atoms with Crippen LogP contribution in [0.3, 0.4) is 0 Å². The van der Waals surface area contributed by atoms with Crippen molar-refractivity contribution in [3.05, 3.63) is 46.6 Å². The van der Waals surface area contributed by atoms with Crippen LogP contribution in [0.2, 0.25) is 5.02 Å². The van der Waals surface area contributed by atoms with E-state index in [9.17, 15) is 9.90 Å². The van der Waals surface area contributed by atoms with Crippen molar-refractivity contribution in [3.63, 3.8) is 0 Å². The Bertz CT molecular complexity index is 591. The lowest BCUT2D eigenvalue weighted by atomic mass is 10.0. The smallest absolute Gasteiger partial charge is 0.181 e. The molecule has 0 aliphatic heterocycles. The first-order valence-corrected chi connectivity index (χ1v) is 5.62. The zero-order chi connectivity index (χ0) is 13.3. The highest BCUT2D eigenvalue weighted by atomic mass is 35.5. The van der Waals surface area contributed by atoms with E-state index in [-0.39, 0.29) is 11.5 Å². The van der Waals surface area contributed by atoms with Gasteiger partial charge in [-0.1, -0.05) is 11.6 Å². The van der Waals surface area contributed by atoms with Gasteiger partial charge in [0, 0.05) is 12.1 Å². The second kappa shape index (κ2) is 4.66. The van der Waals surface area contributed by atoms with Gasteiger partial charge in [0.15, 0.2) is 5.78 Å². The summed E-state index contributed by atoms with van der Waals surface area (Å²) in [5.41, 5.74) is 7.76. The van der Waals surface area contributed by atoms with Crippen LogP contribution in [0.1, 0.15) is 6.92 Å². The largest absolute Gasteiger partial charge is 0.508 e. The molecule has 0 bridgehead atoms. The molecule has 0 atom stereocenters. The van der Waals surface area contributed by atoms with Crippen molar-refractivity contribution in [2.45, 2.75) is 6.92 Å². The minimum Gasteiger partial charge on any atom is -0.508 e. The summed E-state index contributed by atoms with van der Waals surface area (Å²) in [6.45, 7) is 1.75. The van der Waals surface area contributed by atoms with Gasteiger partial charge >= 0.3 is 0 Å². The first kappa shape index (κ1) is 12.4. The highest BCUT2D eigenvalue weighted by Crippen LogP contribution is 2.29. The molecule has 1 aromatic carbocycles. The quantitative estimate of drug-likeness (QED) is 0.764. The van der Waals surface area contributed by atoms with Crippen LogP contribution >= 0.6 is 11.6 Å². The number of phenolic OH excluding ortho intramolecular Hbond substituents is 1. The lowest BCUT2D eigenvalue weighted by Gasteiger charge is -2.11. The van der Waals surface area contributed by atoms with Crippen molar-refractivity contribution < 1.29 is 9.90 Å². The Hall–Kier alpha value is -2.07. The van der Waals surface area contributed by atoms with E-state index in [2.05, 4.69) is 4.99 Å². The fourth-order valence-electron chi connectivity index (χ4n) is 1.63. The number of nitrogens with zero attached hydrogens (tertiary/aromatic N) is 1. The van der Waals surface area contributed by atoms with Crippen LogP contribution in [0.4, 0.5) is 5.69 Å². The topological polar surface area (TPSA) is 75.7 Å². The molecule has 0 unspecified atom stereocenters. The average Bonchev–Trinajstić information content (AvgIpc) is 2.25. The summed E-state index contributed by atoms with van der Waals surface area (Å²) in [5.74, 6) is -0.0840. The van der Waals surface area contributed by atoms with E-state index in [1.54, 1.807) is 13.0 Å². The summed E-state index contributed by atoms with van der Waals surface area (Å²) < 4.78 is 0. The van der Waals surface area contributed by atoms with Crippen molar-refractivity contribution in [2.24, 2.45) is 10.7 Å². The van der Waals surface area contributed by atoms with E-state index in [1.807, 2.05) is 0 Å². The highest BCUT2D eigenvalue weighted by Gasteiger charge is 2.14. The summed E-state index contributed by atoms with van der Waals surface area (Å²) in [4.78, 5) is 15.6. The number of aliphatic imine (C=N–C) groups is 1. The summed E-state index contributed by atoms with van der Waals surface area (Å²) in [6, 6.07) is 4.47. The molecule has 4 nitrogen and oxygen atoms in total. The van der Waals surface area contributed by atoms with Crippen molar-refractivity contribution >= 4 is 28.8 Å². The number of aromatic hydroxyl groups is 1. The molecule has 3 N–H and O–H groups in total. The predicted molar refractivity (Wildman–Crippen MR) is 71.2 cm³/mol. The molecule has 0 amide bonds. The molecule has 18 heavy (non-hydrogen) atoms. The number of rotatable bonds is 1. The van der Waals surface area contributed by atoms with E-state index < -0.39 is 0 Å². The van der Waals surface area contributed by atoms with Gasteiger partial charge in [-0.25, -0.2) is 4.99 Å². The lowest BCUT2D eigenvalue weighted by molar-refractivity contribution is -0.110. The Morgan fingerprint density at radius 3 is 2.67 bits per heavy atom. The minimum atomic E-state index is -0.152. The van der Waals surface area contributed by atoms with Gasteiger partial charge in [-0.3, -0.25) is 4.79 Å². The van der Waals surface area contributed by atoms with Gasteiger partial charge in [0.25, 0.3) is 0 Å². The second-order valence-electron chi connectivity index (χ2n) is 3.93. The molecule has 2 rings (SSSR count). The number of hydrogen-bond donors (Lipinski definition) is 2. The third kappa shape index (κ3) is 2.43. The summed E-state index contributed by atoms with van der Waals surface area (Å²) in [7, 11) is 0. The number of hydrogen-bond acceptors (Lipinski definition) is 4. The van der Waals surface area contributed by atoms with Crippen molar-refractivity contribution in [3.8, 4) is 5.75 Å². The lowest BCUT2D eigenvalue weighted by Crippen LogP contribution is -2.18. The number of ketones is 1. The van der Waals surface area contributed by atoms with Crippen LogP contribution in [0.25, 0.3) is 0 Å². The highest BCUT2D eigenvalue weighted by molar-refractivity contribution is 6.33. The minimum absolute atomic E-state index is 0.0681. The summed E-state index contributed by atoms with van der Waals surface area (Å²) >= 11 is 5.96. The Morgan fingerprint density at radius 2 is 2.06 bits per heavy atom. The van der Waals surface area contributed by atoms with Gasteiger partial charge in [0.1, 0.15) is 5.75 Å². The second-order valence-corrected chi connectivity index (χ2v) is 4.33. The van der Waals surface area contributed by atoms with Gasteiger partial charge in [-0.15, -0.1) is 0 Å². The number of allylic oxidation sites excluding steroid dienone is 3. The van der Waals surface area contributed by atoms with Crippen LogP contribution in [0.15, 0.2) is 46.6 Å². The van der Waals surface area contributed by atoms with Crippen LogP contribution in [0.5, 0.6) is 5.75 Å². The van der Waals surface area contributed by atoms with E-state index in [0.717, 1.165) is 0 Å². The van der Waals surface area contributed by atoms with Crippen LogP contribution in [0, 0.1) is 0 Å². The molecule has 5 heteroatoms. The Balaban J connectivity index is 2.48. The molecule has 0 spiro atoms. The van der Waals surface area contributed by atoms with Crippen LogP contribution in [-0.2, 0) is 4.79 Å². The van der Waals surface area contributed by atoms with Gasteiger partial charge in [-0.05, 0) is 30.7 Å². The van der Waals surface area contributed by atoms with E-state index in [0.29, 0.717) is 27.7 Å². The first-order chi connectivity index (χ1) is 8.47. The molecular weight excluding hydrogens is 252 g/mol. The van der Waals surface area contributed by atoms with E-state index in [4.69, 9.17) is 17.3 Å². The first-order valence-electron chi connectivity index (χ1n) is 5.25. The van der Waals surface area contributed by atoms with Gasteiger partial charge < -0.3 is 10.8 Å². The average molecular weight is 263 g/mol. The van der Waals surface area contributed by atoms with Gasteiger partial charge in [-0.2, -0.15) is 0 Å². The molecule has 1 aromatic rings. The standard InChI is InChI=1S/C13H11ClN2O2/c1-7-4-9(18)6-11(15)13(7)16-12-3-2-8(17)5-10(12)14/h2-6,17H,15H2,1H3. The SMILES string of the molecule is CC1=CC(=O)C=C(N)C1=Nc1ccc(O)cc1Cl. The molecule has 0 fully saturated rings.